The lowest BCUT2D eigenvalue weighted by atomic mass is 10.6. The van der Waals surface area contributed by atoms with Gasteiger partial charge < -0.3 is 18.1 Å². The van der Waals surface area contributed by atoms with Gasteiger partial charge in [-0.15, -0.1) is 0 Å². The van der Waals surface area contributed by atoms with E-state index >= 15 is 0 Å². The van der Waals surface area contributed by atoms with Crippen molar-refractivity contribution in [3.63, 3.8) is 0 Å². The fourth-order valence-corrected chi connectivity index (χ4v) is 0.866. The smallest absolute Gasteiger partial charge is 0.379 e. The van der Waals surface area contributed by atoms with E-state index in [4.69, 9.17) is 13.3 Å². The lowest BCUT2D eigenvalue weighted by Gasteiger charge is -2.05. The number of Topliss-reactive ketones (excluding diaryl/α,β-unsaturated/α-hetero) is 1. The number of rotatable bonds is 3. The summed E-state index contributed by atoms with van der Waals surface area (Å²) in [5.74, 6) is 0.167. The Labute approximate surface area is 69.4 Å². The maximum absolute atomic E-state index is 9.44. The highest BCUT2D eigenvalue weighted by Gasteiger charge is 2.04. The number of carbonyl (C=O) groups excluding carboxylic acids is 1. The second kappa shape index (κ2) is 9.77. The molecule has 5 heteroatoms. The van der Waals surface area contributed by atoms with Crippen molar-refractivity contribution in [3.8, 4) is 0 Å². The van der Waals surface area contributed by atoms with Crippen LogP contribution in [0, 0.1) is 0 Å². The van der Waals surface area contributed by atoms with E-state index in [-0.39, 0.29) is 5.78 Å². The van der Waals surface area contributed by atoms with E-state index in [0.717, 1.165) is 0 Å². The van der Waals surface area contributed by atoms with E-state index in [1.165, 1.54) is 13.8 Å². The Balaban J connectivity index is 0. The van der Waals surface area contributed by atoms with E-state index in [9.17, 15) is 4.79 Å². The number of ketones is 1. The maximum Gasteiger partial charge on any atom is 0.483 e. The van der Waals surface area contributed by atoms with Crippen molar-refractivity contribution in [1.82, 2.24) is 0 Å². The number of hydrogen-bond acceptors (Lipinski definition) is 4. The van der Waals surface area contributed by atoms with Gasteiger partial charge in [0.15, 0.2) is 0 Å². The predicted octanol–water partition coefficient (Wildman–Crippen LogP) is 0.238. The summed E-state index contributed by atoms with van der Waals surface area (Å²) in [5.41, 5.74) is 0. The zero-order chi connectivity index (χ0) is 9.28. The summed E-state index contributed by atoms with van der Waals surface area (Å²) >= 11 is 0. The number of hydrogen-bond donors (Lipinski definition) is 0. The van der Waals surface area contributed by atoms with Crippen LogP contribution in [0.1, 0.15) is 13.8 Å². The van der Waals surface area contributed by atoms with Crippen LogP contribution in [0.5, 0.6) is 0 Å². The molecular weight excluding hydrogens is 164 g/mol. The molecule has 68 valence electrons. The first-order valence-electron chi connectivity index (χ1n) is 3.14. The molecule has 0 aromatic carbocycles. The fourth-order valence-electron chi connectivity index (χ4n) is 0.289. The first kappa shape index (κ1) is 13.4. The molecule has 11 heavy (non-hydrogen) atoms. The van der Waals surface area contributed by atoms with Crippen LogP contribution in [0.3, 0.4) is 0 Å². The summed E-state index contributed by atoms with van der Waals surface area (Å²) in [7, 11) is 3.05. The Morgan fingerprint density at radius 2 is 1.18 bits per heavy atom. The molecule has 0 amide bonds. The molecule has 0 heterocycles. The number of carbonyl (C=O) groups is 1. The summed E-state index contributed by atoms with van der Waals surface area (Å²) in [4.78, 5) is 9.44. The molecule has 4 nitrogen and oxygen atoms in total. The van der Waals surface area contributed by atoms with Crippen LogP contribution >= 0.6 is 0 Å². The van der Waals surface area contributed by atoms with E-state index in [1.54, 1.807) is 21.3 Å². The molecule has 0 atom stereocenters. The first-order chi connectivity index (χ1) is 5.08. The van der Waals surface area contributed by atoms with Crippen LogP contribution in [0.25, 0.3) is 0 Å². The Hall–Kier alpha value is -0.233. The molecule has 0 N–H and O–H groups in total. The van der Waals surface area contributed by atoms with Gasteiger partial charge in [-0.25, -0.2) is 0 Å². The lowest BCUT2D eigenvalue weighted by molar-refractivity contribution is -0.114. The lowest BCUT2D eigenvalue weighted by Crippen LogP contribution is -2.21. The minimum Gasteiger partial charge on any atom is -0.379 e. The van der Waals surface area contributed by atoms with Gasteiger partial charge in [0.25, 0.3) is 0 Å². The quantitative estimate of drug-likeness (QED) is 0.584. The van der Waals surface area contributed by atoms with E-state index in [1.807, 2.05) is 0 Å². The topological polar surface area (TPSA) is 44.8 Å². The minimum absolute atomic E-state index is 0.167. The van der Waals surface area contributed by atoms with Gasteiger partial charge in [0.2, 0.25) is 0 Å². The second-order valence-electron chi connectivity index (χ2n) is 1.90. The van der Waals surface area contributed by atoms with Crippen LogP contribution < -0.4 is 0 Å². The highest BCUT2D eigenvalue weighted by molar-refractivity contribution is 6.36. The monoisotopic (exact) mass is 180 g/mol. The average Bonchev–Trinajstić information content (AvgIpc) is 1.90. The van der Waals surface area contributed by atoms with Gasteiger partial charge in [-0.1, -0.05) is 0 Å². The van der Waals surface area contributed by atoms with Crippen LogP contribution in [-0.4, -0.2) is 36.6 Å². The van der Waals surface area contributed by atoms with Gasteiger partial charge in [0.05, 0.1) is 0 Å². The molecule has 0 aromatic rings. The highest BCUT2D eigenvalue weighted by Crippen LogP contribution is 1.81. The zero-order valence-corrected chi connectivity index (χ0v) is 8.87. The van der Waals surface area contributed by atoms with E-state index < -0.39 is 9.53 Å². The summed E-state index contributed by atoms with van der Waals surface area (Å²) in [6.07, 6.45) is 0. The molecule has 0 bridgehead atoms. The molecule has 0 aliphatic rings. The van der Waals surface area contributed by atoms with Gasteiger partial charge in [-0.3, -0.25) is 0 Å². The first-order valence-corrected chi connectivity index (χ1v) is 4.55. The van der Waals surface area contributed by atoms with Crippen molar-refractivity contribution in [2.24, 2.45) is 0 Å². The van der Waals surface area contributed by atoms with Gasteiger partial charge in [-0.05, 0) is 13.8 Å². The van der Waals surface area contributed by atoms with Gasteiger partial charge in [0.1, 0.15) is 5.78 Å². The molecule has 0 aliphatic carbocycles. The maximum atomic E-state index is 9.44. The standard InChI is InChI=1S/C3H10O3Si.C3H6O/c1-4-7(5-2)6-3;1-3(2)4/h7H,1-3H3;1-2H3. The summed E-state index contributed by atoms with van der Waals surface area (Å²) < 4.78 is 14.2. The van der Waals surface area contributed by atoms with Crippen LogP contribution in [-0.2, 0) is 18.1 Å². The minimum atomic E-state index is -1.67. The summed E-state index contributed by atoms with van der Waals surface area (Å²) in [5, 5.41) is 0. The van der Waals surface area contributed by atoms with Crippen LogP contribution in [0.2, 0.25) is 0 Å². The molecule has 0 aliphatic heterocycles. The third-order valence-corrected chi connectivity index (χ3v) is 1.73. The Morgan fingerprint density at radius 1 is 1.00 bits per heavy atom. The molecular formula is C6H16O4Si. The summed E-state index contributed by atoms with van der Waals surface area (Å²) in [6.45, 7) is 3.06. The third-order valence-electron chi connectivity index (χ3n) is 0.577. The largest absolute Gasteiger partial charge is 0.483 e. The van der Waals surface area contributed by atoms with Gasteiger partial charge in [0, 0.05) is 21.3 Å². The molecule has 0 rings (SSSR count). The third kappa shape index (κ3) is 17.7. The van der Waals surface area contributed by atoms with Gasteiger partial charge >= 0.3 is 9.53 Å². The van der Waals surface area contributed by atoms with Crippen molar-refractivity contribution in [1.29, 1.82) is 0 Å². The highest BCUT2D eigenvalue weighted by atomic mass is 28.3. The fraction of sp³-hybridized carbons (Fsp3) is 0.833. The Morgan fingerprint density at radius 3 is 1.18 bits per heavy atom. The van der Waals surface area contributed by atoms with Crippen LogP contribution in [0.4, 0.5) is 0 Å². The molecule has 0 saturated heterocycles. The van der Waals surface area contributed by atoms with Crippen molar-refractivity contribution in [2.75, 3.05) is 21.3 Å². The summed E-state index contributed by atoms with van der Waals surface area (Å²) in [6, 6.07) is 0. The van der Waals surface area contributed by atoms with Crippen molar-refractivity contribution < 1.29 is 18.1 Å². The van der Waals surface area contributed by atoms with E-state index in [2.05, 4.69) is 0 Å². The Bertz CT molecular complexity index is 83.1. The molecule has 0 fully saturated rings. The molecule has 0 aromatic heterocycles. The van der Waals surface area contributed by atoms with E-state index in [0.29, 0.717) is 0 Å². The second-order valence-corrected chi connectivity index (χ2v) is 3.90. The molecule has 0 unspecified atom stereocenters. The molecule has 0 spiro atoms. The SMILES string of the molecule is CC(C)=O.CO[SiH](OC)OC. The van der Waals surface area contributed by atoms with Crippen LogP contribution in [0.15, 0.2) is 0 Å². The predicted molar refractivity (Wildman–Crippen MR) is 44.5 cm³/mol. The van der Waals surface area contributed by atoms with Gasteiger partial charge in [-0.2, -0.15) is 0 Å². The Kier molecular flexibility index (Phi) is 11.9. The van der Waals surface area contributed by atoms with Crippen molar-refractivity contribution >= 4 is 15.3 Å². The van der Waals surface area contributed by atoms with Crippen molar-refractivity contribution in [3.05, 3.63) is 0 Å². The molecule has 0 saturated carbocycles. The zero-order valence-electron chi connectivity index (χ0n) is 7.71. The normalized spacial score (nSPS) is 8.91. The average molecular weight is 180 g/mol. The molecule has 0 radical (unpaired) electrons. The van der Waals surface area contributed by atoms with Crippen molar-refractivity contribution in [2.45, 2.75) is 13.8 Å².